The lowest BCUT2D eigenvalue weighted by Gasteiger charge is -2.18. The molecule has 0 spiro atoms. The van der Waals surface area contributed by atoms with E-state index in [0.29, 0.717) is 6.04 Å². The van der Waals surface area contributed by atoms with Crippen molar-refractivity contribution >= 4 is 5.95 Å². The summed E-state index contributed by atoms with van der Waals surface area (Å²) in [4.78, 5) is 15.3. The highest BCUT2D eigenvalue weighted by Crippen LogP contribution is 2.20. The molecule has 1 aliphatic rings. The van der Waals surface area contributed by atoms with Crippen molar-refractivity contribution in [2.24, 2.45) is 0 Å². The maximum atomic E-state index is 4.62. The monoisotopic (exact) mass is 283 g/mol. The predicted molar refractivity (Wildman–Crippen MR) is 83.0 cm³/mol. The van der Waals surface area contributed by atoms with Crippen molar-refractivity contribution in [3.8, 4) is 0 Å². The molecule has 0 aliphatic heterocycles. The lowest BCUT2D eigenvalue weighted by atomic mass is 10.2. The molecule has 0 aromatic carbocycles. The number of hydrogen-bond acceptors (Lipinski definition) is 5. The van der Waals surface area contributed by atoms with Crippen LogP contribution in [0.15, 0.2) is 30.7 Å². The Morgan fingerprint density at radius 2 is 2.19 bits per heavy atom. The Labute approximate surface area is 125 Å². The summed E-state index contributed by atoms with van der Waals surface area (Å²) >= 11 is 0. The van der Waals surface area contributed by atoms with Crippen LogP contribution in [0.4, 0.5) is 5.95 Å². The Kier molecular flexibility index (Phi) is 4.10. The van der Waals surface area contributed by atoms with Crippen LogP contribution in [0.25, 0.3) is 0 Å². The lowest BCUT2D eigenvalue weighted by Crippen LogP contribution is -2.21. The molecule has 1 fully saturated rings. The number of pyridine rings is 1. The average Bonchev–Trinajstić information content (AvgIpc) is 3.31. The van der Waals surface area contributed by atoms with Crippen LogP contribution in [0.1, 0.15) is 29.7 Å². The van der Waals surface area contributed by atoms with Crippen LogP contribution >= 0.6 is 0 Å². The number of anilines is 1. The molecule has 2 aromatic heterocycles. The van der Waals surface area contributed by atoms with E-state index in [2.05, 4.69) is 26.3 Å². The molecule has 0 atom stereocenters. The molecule has 0 amide bonds. The SMILES string of the molecule is Cc1nc(N(C)Cc2cccnc2)ncc1CNC1CC1. The van der Waals surface area contributed by atoms with Crippen LogP contribution in [0.3, 0.4) is 0 Å². The molecule has 21 heavy (non-hydrogen) atoms. The molecule has 1 N–H and O–H groups in total. The van der Waals surface area contributed by atoms with Crippen molar-refractivity contribution in [3.05, 3.63) is 47.5 Å². The second-order valence-corrected chi connectivity index (χ2v) is 5.65. The Morgan fingerprint density at radius 3 is 2.86 bits per heavy atom. The highest BCUT2D eigenvalue weighted by molar-refractivity contribution is 5.33. The largest absolute Gasteiger partial charge is 0.339 e. The van der Waals surface area contributed by atoms with E-state index < -0.39 is 0 Å². The molecular weight excluding hydrogens is 262 g/mol. The van der Waals surface area contributed by atoms with Crippen molar-refractivity contribution in [2.75, 3.05) is 11.9 Å². The molecule has 0 bridgehead atoms. The minimum absolute atomic E-state index is 0.706. The summed E-state index contributed by atoms with van der Waals surface area (Å²) in [6, 6.07) is 4.71. The fourth-order valence-electron chi connectivity index (χ4n) is 2.22. The summed E-state index contributed by atoms with van der Waals surface area (Å²) in [5, 5.41) is 3.50. The predicted octanol–water partition coefficient (Wildman–Crippen LogP) is 2.07. The van der Waals surface area contributed by atoms with Gasteiger partial charge in [0.2, 0.25) is 5.95 Å². The van der Waals surface area contributed by atoms with E-state index in [-0.39, 0.29) is 0 Å². The van der Waals surface area contributed by atoms with E-state index in [1.54, 1.807) is 6.20 Å². The molecule has 1 saturated carbocycles. The molecule has 0 unspecified atom stereocenters. The van der Waals surface area contributed by atoms with Gasteiger partial charge in [-0.25, -0.2) is 9.97 Å². The van der Waals surface area contributed by atoms with E-state index in [1.807, 2.05) is 37.3 Å². The van der Waals surface area contributed by atoms with Crippen molar-refractivity contribution in [2.45, 2.75) is 38.9 Å². The summed E-state index contributed by atoms with van der Waals surface area (Å²) < 4.78 is 0. The van der Waals surface area contributed by atoms with Gasteiger partial charge in [0, 0.05) is 56.0 Å². The highest BCUT2D eigenvalue weighted by atomic mass is 15.2. The van der Waals surface area contributed by atoms with Gasteiger partial charge >= 0.3 is 0 Å². The second-order valence-electron chi connectivity index (χ2n) is 5.65. The van der Waals surface area contributed by atoms with Crippen LogP contribution in [0, 0.1) is 6.92 Å². The van der Waals surface area contributed by atoms with Gasteiger partial charge in [-0.15, -0.1) is 0 Å². The third-order valence-electron chi connectivity index (χ3n) is 3.71. The van der Waals surface area contributed by atoms with Crippen molar-refractivity contribution < 1.29 is 0 Å². The maximum absolute atomic E-state index is 4.62. The van der Waals surface area contributed by atoms with Gasteiger partial charge in [0.25, 0.3) is 0 Å². The number of aromatic nitrogens is 3. The van der Waals surface area contributed by atoms with E-state index in [9.17, 15) is 0 Å². The third-order valence-corrected chi connectivity index (χ3v) is 3.71. The molecule has 1 aliphatic carbocycles. The van der Waals surface area contributed by atoms with Crippen molar-refractivity contribution in [1.29, 1.82) is 0 Å². The minimum Gasteiger partial charge on any atom is -0.339 e. The number of nitrogens with zero attached hydrogens (tertiary/aromatic N) is 4. The standard InChI is InChI=1S/C16H21N5/c1-12-14(9-18-15-5-6-15)10-19-16(20-12)21(2)11-13-4-3-7-17-8-13/h3-4,7-8,10,15,18H,5-6,9,11H2,1-2H3. The van der Waals surface area contributed by atoms with Crippen LogP contribution < -0.4 is 10.2 Å². The summed E-state index contributed by atoms with van der Waals surface area (Å²) in [5.74, 6) is 0.756. The van der Waals surface area contributed by atoms with Crippen LogP contribution in [0.2, 0.25) is 0 Å². The Bertz CT molecular complexity index is 595. The van der Waals surface area contributed by atoms with Crippen molar-refractivity contribution in [1.82, 2.24) is 20.3 Å². The van der Waals surface area contributed by atoms with Gasteiger partial charge in [-0.2, -0.15) is 0 Å². The molecule has 0 radical (unpaired) electrons. The van der Waals surface area contributed by atoms with E-state index >= 15 is 0 Å². The highest BCUT2D eigenvalue weighted by Gasteiger charge is 2.20. The molecule has 3 rings (SSSR count). The Hall–Kier alpha value is -2.01. The fourth-order valence-corrected chi connectivity index (χ4v) is 2.22. The van der Waals surface area contributed by atoms with Gasteiger partial charge in [-0.1, -0.05) is 6.07 Å². The minimum atomic E-state index is 0.706. The van der Waals surface area contributed by atoms with Crippen LogP contribution in [-0.4, -0.2) is 28.0 Å². The number of nitrogens with one attached hydrogen (secondary N) is 1. The van der Waals surface area contributed by atoms with Gasteiger partial charge in [0.1, 0.15) is 0 Å². The molecular formula is C16H21N5. The zero-order chi connectivity index (χ0) is 14.7. The normalized spacial score (nSPS) is 14.2. The smallest absolute Gasteiger partial charge is 0.225 e. The van der Waals surface area contributed by atoms with Gasteiger partial charge in [-0.05, 0) is 31.4 Å². The van der Waals surface area contributed by atoms with Crippen LogP contribution in [-0.2, 0) is 13.1 Å². The molecule has 2 heterocycles. The Balaban J connectivity index is 1.65. The second kappa shape index (κ2) is 6.18. The fraction of sp³-hybridized carbons (Fsp3) is 0.438. The van der Waals surface area contributed by atoms with Crippen molar-refractivity contribution in [3.63, 3.8) is 0 Å². The maximum Gasteiger partial charge on any atom is 0.225 e. The van der Waals surface area contributed by atoms with Crippen LogP contribution in [0.5, 0.6) is 0 Å². The first-order valence-corrected chi connectivity index (χ1v) is 7.38. The van der Waals surface area contributed by atoms with Gasteiger partial charge < -0.3 is 10.2 Å². The zero-order valence-corrected chi connectivity index (χ0v) is 12.6. The van der Waals surface area contributed by atoms with E-state index in [1.165, 1.54) is 18.4 Å². The molecule has 5 heteroatoms. The first-order valence-electron chi connectivity index (χ1n) is 7.38. The molecule has 0 saturated heterocycles. The molecule has 5 nitrogen and oxygen atoms in total. The number of hydrogen-bond donors (Lipinski definition) is 1. The average molecular weight is 283 g/mol. The van der Waals surface area contributed by atoms with Gasteiger partial charge in [0.15, 0.2) is 0 Å². The summed E-state index contributed by atoms with van der Waals surface area (Å²) in [7, 11) is 2.00. The van der Waals surface area contributed by atoms with E-state index in [0.717, 1.165) is 30.3 Å². The molecule has 110 valence electrons. The quantitative estimate of drug-likeness (QED) is 0.879. The number of rotatable bonds is 6. The summed E-state index contributed by atoms with van der Waals surface area (Å²) in [5.41, 5.74) is 3.38. The number of aryl methyl sites for hydroxylation is 1. The van der Waals surface area contributed by atoms with E-state index in [4.69, 9.17) is 0 Å². The van der Waals surface area contributed by atoms with Gasteiger partial charge in [-0.3, -0.25) is 4.98 Å². The third kappa shape index (κ3) is 3.76. The van der Waals surface area contributed by atoms with Gasteiger partial charge in [0.05, 0.1) is 0 Å². The summed E-state index contributed by atoms with van der Waals surface area (Å²) in [6.45, 7) is 3.67. The summed E-state index contributed by atoms with van der Waals surface area (Å²) in [6.07, 6.45) is 8.19. The lowest BCUT2D eigenvalue weighted by molar-refractivity contribution is 0.678. The molecule has 2 aromatic rings. The topological polar surface area (TPSA) is 53.9 Å². The first-order chi connectivity index (χ1) is 10.2. The first kappa shape index (κ1) is 13.9. The zero-order valence-electron chi connectivity index (χ0n) is 12.6. The Morgan fingerprint density at radius 1 is 1.33 bits per heavy atom.